The molecule has 1 aliphatic carbocycles. The van der Waals surface area contributed by atoms with Gasteiger partial charge < -0.3 is 0 Å². The number of Topliss-reactive ketones (excluding diaryl/α,β-unsaturated/α-hetero) is 1. The van der Waals surface area contributed by atoms with Crippen LogP contribution in [0.5, 0.6) is 0 Å². The molecule has 1 nitrogen and oxygen atoms in total. The van der Waals surface area contributed by atoms with Gasteiger partial charge in [0.15, 0.2) is 0 Å². The molecule has 0 bridgehead atoms. The minimum atomic E-state index is 0.0995. The van der Waals surface area contributed by atoms with Crippen LogP contribution >= 0.6 is 15.9 Å². The van der Waals surface area contributed by atoms with Crippen LogP contribution in [0.25, 0.3) is 0 Å². The van der Waals surface area contributed by atoms with Crippen LogP contribution in [0.1, 0.15) is 27.2 Å². The molecule has 0 spiro atoms. The Morgan fingerprint density at radius 2 is 2.10 bits per heavy atom. The molecule has 0 saturated heterocycles. The van der Waals surface area contributed by atoms with Crippen molar-refractivity contribution in [1.82, 2.24) is 0 Å². The summed E-state index contributed by atoms with van der Waals surface area (Å²) in [7, 11) is 0. The van der Waals surface area contributed by atoms with E-state index in [1.165, 1.54) is 0 Å². The van der Waals surface area contributed by atoms with E-state index in [4.69, 9.17) is 0 Å². The molecule has 0 N–H and O–H groups in total. The average molecular weight is 205 g/mol. The van der Waals surface area contributed by atoms with Gasteiger partial charge in [-0.2, -0.15) is 0 Å². The number of hydrogen-bond donors (Lipinski definition) is 0. The third kappa shape index (κ3) is 1.14. The Morgan fingerprint density at radius 1 is 1.60 bits per heavy atom. The summed E-state index contributed by atoms with van der Waals surface area (Å²) >= 11 is 3.40. The maximum Gasteiger partial charge on any atom is 0.147 e. The standard InChI is InChI=1S/C8H13BrO/c1-5-7(9)6(10)4-8(5,2)3/h5,7H,4H2,1-3H3. The minimum absolute atomic E-state index is 0.0995. The van der Waals surface area contributed by atoms with Gasteiger partial charge in [-0.1, -0.05) is 36.7 Å². The predicted molar refractivity (Wildman–Crippen MR) is 45.3 cm³/mol. The average Bonchev–Trinajstić information content (AvgIpc) is 1.95. The zero-order chi connectivity index (χ0) is 7.94. The first-order valence-corrected chi connectivity index (χ1v) is 4.53. The molecule has 0 heterocycles. The number of alkyl halides is 1. The lowest BCUT2D eigenvalue weighted by Crippen LogP contribution is -2.18. The molecule has 58 valence electrons. The smallest absolute Gasteiger partial charge is 0.147 e. The molecule has 0 aromatic rings. The summed E-state index contributed by atoms with van der Waals surface area (Å²) in [5.41, 5.74) is 0.200. The molecule has 1 aliphatic rings. The number of ketones is 1. The highest BCUT2D eigenvalue weighted by atomic mass is 79.9. The van der Waals surface area contributed by atoms with Gasteiger partial charge in [0.2, 0.25) is 0 Å². The molecule has 1 fully saturated rings. The lowest BCUT2D eigenvalue weighted by atomic mass is 9.83. The lowest BCUT2D eigenvalue weighted by Gasteiger charge is -2.23. The van der Waals surface area contributed by atoms with Crippen molar-refractivity contribution in [3.8, 4) is 0 Å². The van der Waals surface area contributed by atoms with Crippen molar-refractivity contribution in [1.29, 1.82) is 0 Å². The Labute approximate surface area is 70.3 Å². The van der Waals surface area contributed by atoms with E-state index in [1.54, 1.807) is 0 Å². The van der Waals surface area contributed by atoms with Gasteiger partial charge in [0, 0.05) is 6.42 Å². The van der Waals surface area contributed by atoms with Crippen molar-refractivity contribution in [2.45, 2.75) is 32.0 Å². The van der Waals surface area contributed by atoms with E-state index in [0.717, 1.165) is 6.42 Å². The first kappa shape index (κ1) is 8.25. The first-order chi connectivity index (χ1) is 4.45. The molecule has 0 aliphatic heterocycles. The van der Waals surface area contributed by atoms with E-state index in [9.17, 15) is 4.79 Å². The maximum absolute atomic E-state index is 11.2. The Morgan fingerprint density at radius 3 is 2.20 bits per heavy atom. The summed E-state index contributed by atoms with van der Waals surface area (Å²) in [6, 6.07) is 0. The van der Waals surface area contributed by atoms with E-state index < -0.39 is 0 Å². The molecular formula is C8H13BrO. The van der Waals surface area contributed by atoms with Crippen molar-refractivity contribution in [3.05, 3.63) is 0 Å². The van der Waals surface area contributed by atoms with Crippen molar-refractivity contribution in [2.75, 3.05) is 0 Å². The van der Waals surface area contributed by atoms with E-state index in [-0.39, 0.29) is 10.2 Å². The largest absolute Gasteiger partial charge is 0.298 e. The molecule has 0 amide bonds. The molecule has 2 unspecified atom stereocenters. The third-order valence-electron chi connectivity index (χ3n) is 2.61. The van der Waals surface area contributed by atoms with Gasteiger partial charge in [-0.15, -0.1) is 0 Å². The van der Waals surface area contributed by atoms with Crippen LogP contribution in [0.3, 0.4) is 0 Å². The van der Waals surface area contributed by atoms with Crippen LogP contribution < -0.4 is 0 Å². The van der Waals surface area contributed by atoms with E-state index >= 15 is 0 Å². The highest BCUT2D eigenvalue weighted by Crippen LogP contribution is 2.43. The van der Waals surface area contributed by atoms with E-state index in [0.29, 0.717) is 11.7 Å². The second-order valence-electron chi connectivity index (χ2n) is 3.82. The fourth-order valence-corrected chi connectivity index (χ4v) is 2.26. The molecule has 1 saturated carbocycles. The molecule has 0 radical (unpaired) electrons. The summed E-state index contributed by atoms with van der Waals surface area (Å²) in [5, 5.41) is 0. The molecule has 0 aromatic carbocycles. The van der Waals surface area contributed by atoms with Gasteiger partial charge in [-0.05, 0) is 11.3 Å². The molecule has 2 atom stereocenters. The summed E-state index contributed by atoms with van der Waals surface area (Å²) < 4.78 is 0. The number of hydrogen-bond acceptors (Lipinski definition) is 1. The van der Waals surface area contributed by atoms with Crippen LogP contribution in [-0.2, 0) is 4.79 Å². The molecule has 0 aromatic heterocycles. The van der Waals surface area contributed by atoms with E-state index in [1.807, 2.05) is 0 Å². The number of halogens is 1. The van der Waals surface area contributed by atoms with E-state index in [2.05, 4.69) is 36.7 Å². The Hall–Kier alpha value is 0.150. The summed E-state index contributed by atoms with van der Waals surface area (Å²) in [5.74, 6) is 0.831. The van der Waals surface area contributed by atoms with Crippen LogP contribution in [0, 0.1) is 11.3 Å². The third-order valence-corrected chi connectivity index (χ3v) is 3.91. The highest BCUT2D eigenvalue weighted by Gasteiger charge is 2.43. The van der Waals surface area contributed by atoms with Crippen molar-refractivity contribution < 1.29 is 4.79 Å². The van der Waals surface area contributed by atoms with Crippen molar-refractivity contribution in [2.24, 2.45) is 11.3 Å². The fourth-order valence-electron chi connectivity index (χ4n) is 1.38. The molecule has 2 heteroatoms. The second-order valence-corrected chi connectivity index (χ2v) is 4.81. The fraction of sp³-hybridized carbons (Fsp3) is 0.875. The van der Waals surface area contributed by atoms with Crippen LogP contribution in [0.15, 0.2) is 0 Å². The van der Waals surface area contributed by atoms with Gasteiger partial charge in [0.25, 0.3) is 0 Å². The van der Waals surface area contributed by atoms with Crippen LogP contribution in [-0.4, -0.2) is 10.6 Å². The van der Waals surface area contributed by atoms with Gasteiger partial charge in [0.05, 0.1) is 4.83 Å². The first-order valence-electron chi connectivity index (χ1n) is 3.62. The van der Waals surface area contributed by atoms with Crippen LogP contribution in [0.4, 0.5) is 0 Å². The van der Waals surface area contributed by atoms with Gasteiger partial charge in [-0.25, -0.2) is 0 Å². The summed E-state index contributed by atoms with van der Waals surface area (Å²) in [4.78, 5) is 11.3. The highest BCUT2D eigenvalue weighted by molar-refractivity contribution is 9.10. The molecule has 10 heavy (non-hydrogen) atoms. The molecule has 1 rings (SSSR count). The quantitative estimate of drug-likeness (QED) is 0.555. The monoisotopic (exact) mass is 204 g/mol. The SMILES string of the molecule is CC1C(Br)C(=O)CC1(C)C. The zero-order valence-corrected chi connectivity index (χ0v) is 8.23. The maximum atomic E-state index is 11.2. The number of rotatable bonds is 0. The molecular weight excluding hydrogens is 192 g/mol. The Balaban J connectivity index is 2.81. The van der Waals surface area contributed by atoms with Gasteiger partial charge in [0.1, 0.15) is 5.78 Å². The summed E-state index contributed by atoms with van der Waals surface area (Å²) in [6.07, 6.45) is 0.726. The zero-order valence-electron chi connectivity index (χ0n) is 6.65. The summed E-state index contributed by atoms with van der Waals surface area (Å²) in [6.45, 7) is 6.43. The van der Waals surface area contributed by atoms with Gasteiger partial charge >= 0.3 is 0 Å². The van der Waals surface area contributed by atoms with Crippen molar-refractivity contribution >= 4 is 21.7 Å². The topological polar surface area (TPSA) is 17.1 Å². The lowest BCUT2D eigenvalue weighted by molar-refractivity contribution is -0.117. The minimum Gasteiger partial charge on any atom is -0.298 e. The second kappa shape index (κ2) is 2.33. The predicted octanol–water partition coefficient (Wildman–Crippen LogP) is 2.39. The Bertz CT molecular complexity index is 163. The van der Waals surface area contributed by atoms with Crippen molar-refractivity contribution in [3.63, 3.8) is 0 Å². The number of carbonyl (C=O) groups is 1. The van der Waals surface area contributed by atoms with Gasteiger partial charge in [-0.3, -0.25) is 4.79 Å². The normalized spacial score (nSPS) is 38.6. The Kier molecular flexibility index (Phi) is 1.92. The number of carbonyl (C=O) groups excluding carboxylic acids is 1. The van der Waals surface area contributed by atoms with Crippen LogP contribution in [0.2, 0.25) is 0 Å².